The standard InChI is InChI=1S/C15H13ClN2O3/c1-9(10-2-5-12(16)6-3-10)18-14(19)11-4-7-13(15(20)21)17-8-11/h2-9H,1H3,(H,18,19)(H,20,21). The van der Waals surface area contributed by atoms with Crippen LogP contribution in [0.15, 0.2) is 42.6 Å². The molecular formula is C15H13ClN2O3. The highest BCUT2D eigenvalue weighted by atomic mass is 35.5. The van der Waals surface area contributed by atoms with Crippen LogP contribution in [0.3, 0.4) is 0 Å². The molecule has 6 heteroatoms. The van der Waals surface area contributed by atoms with E-state index in [9.17, 15) is 9.59 Å². The van der Waals surface area contributed by atoms with Crippen LogP contribution in [0.5, 0.6) is 0 Å². The molecule has 5 nitrogen and oxygen atoms in total. The number of carbonyl (C=O) groups excluding carboxylic acids is 1. The molecule has 0 spiro atoms. The number of benzene rings is 1. The Kier molecular flexibility index (Phi) is 4.55. The Morgan fingerprint density at radius 2 is 1.86 bits per heavy atom. The molecule has 1 unspecified atom stereocenters. The predicted molar refractivity (Wildman–Crippen MR) is 78.5 cm³/mol. The summed E-state index contributed by atoms with van der Waals surface area (Å²) < 4.78 is 0. The van der Waals surface area contributed by atoms with Crippen LogP contribution >= 0.6 is 11.6 Å². The third-order valence-corrected chi connectivity index (χ3v) is 3.21. The molecule has 0 fully saturated rings. The number of hydrogen-bond donors (Lipinski definition) is 2. The average molecular weight is 305 g/mol. The number of carboxylic acids is 1. The van der Waals surface area contributed by atoms with Crippen molar-refractivity contribution in [2.75, 3.05) is 0 Å². The quantitative estimate of drug-likeness (QED) is 0.910. The fraction of sp³-hybridized carbons (Fsp3) is 0.133. The summed E-state index contributed by atoms with van der Waals surface area (Å²) >= 11 is 5.81. The van der Waals surface area contributed by atoms with Gasteiger partial charge in [0.05, 0.1) is 11.6 Å². The zero-order valence-electron chi connectivity index (χ0n) is 11.2. The van der Waals surface area contributed by atoms with Gasteiger partial charge in [-0.1, -0.05) is 23.7 Å². The minimum atomic E-state index is -1.13. The number of amides is 1. The minimum Gasteiger partial charge on any atom is -0.477 e. The van der Waals surface area contributed by atoms with Crippen LogP contribution in [0.2, 0.25) is 5.02 Å². The normalized spacial score (nSPS) is 11.7. The van der Waals surface area contributed by atoms with Gasteiger partial charge in [0.2, 0.25) is 0 Å². The van der Waals surface area contributed by atoms with Crippen LogP contribution in [-0.2, 0) is 0 Å². The Morgan fingerprint density at radius 3 is 2.38 bits per heavy atom. The lowest BCUT2D eigenvalue weighted by Gasteiger charge is -2.14. The van der Waals surface area contributed by atoms with Gasteiger partial charge in [0, 0.05) is 11.2 Å². The first kappa shape index (κ1) is 15.0. The summed E-state index contributed by atoms with van der Waals surface area (Å²) in [4.78, 5) is 26.5. The molecule has 0 saturated heterocycles. The zero-order valence-corrected chi connectivity index (χ0v) is 12.0. The third kappa shape index (κ3) is 3.79. The van der Waals surface area contributed by atoms with Crippen molar-refractivity contribution in [3.63, 3.8) is 0 Å². The summed E-state index contributed by atoms with van der Waals surface area (Å²) in [6.07, 6.45) is 1.24. The van der Waals surface area contributed by atoms with Crippen molar-refractivity contribution < 1.29 is 14.7 Å². The molecule has 2 rings (SSSR count). The van der Waals surface area contributed by atoms with Gasteiger partial charge in [-0.2, -0.15) is 0 Å². The summed E-state index contributed by atoms with van der Waals surface area (Å²) in [6.45, 7) is 1.85. The summed E-state index contributed by atoms with van der Waals surface area (Å²) in [5, 5.41) is 12.2. The molecule has 0 aliphatic rings. The number of halogens is 1. The van der Waals surface area contributed by atoms with Gasteiger partial charge in [0.25, 0.3) is 5.91 Å². The van der Waals surface area contributed by atoms with E-state index >= 15 is 0 Å². The van der Waals surface area contributed by atoms with Crippen LogP contribution < -0.4 is 5.32 Å². The Hall–Kier alpha value is -2.40. The van der Waals surface area contributed by atoms with Crippen molar-refractivity contribution in [2.24, 2.45) is 0 Å². The average Bonchev–Trinajstić information content (AvgIpc) is 2.47. The van der Waals surface area contributed by atoms with E-state index in [0.717, 1.165) is 5.56 Å². The number of pyridine rings is 1. The molecule has 0 radical (unpaired) electrons. The lowest BCUT2D eigenvalue weighted by Crippen LogP contribution is -2.26. The van der Waals surface area contributed by atoms with Gasteiger partial charge in [-0.25, -0.2) is 9.78 Å². The zero-order chi connectivity index (χ0) is 15.4. The first-order valence-electron chi connectivity index (χ1n) is 6.23. The van der Waals surface area contributed by atoms with Crippen LogP contribution in [-0.4, -0.2) is 22.0 Å². The number of aromatic nitrogens is 1. The molecule has 1 heterocycles. The van der Waals surface area contributed by atoms with E-state index in [1.165, 1.54) is 18.3 Å². The summed E-state index contributed by atoms with van der Waals surface area (Å²) in [6, 6.07) is 9.70. The maximum absolute atomic E-state index is 12.1. The fourth-order valence-corrected chi connectivity index (χ4v) is 1.90. The summed E-state index contributed by atoms with van der Waals surface area (Å²) in [7, 11) is 0. The van der Waals surface area contributed by atoms with Gasteiger partial charge in [-0.15, -0.1) is 0 Å². The van der Waals surface area contributed by atoms with Gasteiger partial charge in [-0.3, -0.25) is 4.79 Å². The number of carbonyl (C=O) groups is 2. The fourth-order valence-electron chi connectivity index (χ4n) is 1.77. The first-order valence-corrected chi connectivity index (χ1v) is 6.61. The van der Waals surface area contributed by atoms with Crippen molar-refractivity contribution in [1.82, 2.24) is 10.3 Å². The monoisotopic (exact) mass is 304 g/mol. The second kappa shape index (κ2) is 6.37. The predicted octanol–water partition coefficient (Wildman–Crippen LogP) is 2.92. The molecule has 1 atom stereocenters. The number of nitrogens with one attached hydrogen (secondary N) is 1. The van der Waals surface area contributed by atoms with Crippen LogP contribution in [0.1, 0.15) is 39.4 Å². The maximum atomic E-state index is 12.1. The molecule has 2 aromatic rings. The molecular weight excluding hydrogens is 292 g/mol. The Morgan fingerprint density at radius 1 is 1.19 bits per heavy atom. The van der Waals surface area contributed by atoms with E-state index in [1.807, 2.05) is 19.1 Å². The molecule has 0 bridgehead atoms. The lowest BCUT2D eigenvalue weighted by molar-refractivity contribution is 0.0689. The van der Waals surface area contributed by atoms with Gasteiger partial charge in [0.1, 0.15) is 5.69 Å². The summed E-state index contributed by atoms with van der Waals surface area (Å²) in [5.74, 6) is -1.45. The number of carboxylic acid groups (broad SMARTS) is 1. The Balaban J connectivity index is 2.06. The number of rotatable bonds is 4. The number of nitrogens with zero attached hydrogens (tertiary/aromatic N) is 1. The number of hydrogen-bond acceptors (Lipinski definition) is 3. The molecule has 21 heavy (non-hydrogen) atoms. The number of aromatic carboxylic acids is 1. The highest BCUT2D eigenvalue weighted by Crippen LogP contribution is 2.16. The van der Waals surface area contributed by atoms with Crippen LogP contribution in [0.4, 0.5) is 0 Å². The van der Waals surface area contributed by atoms with E-state index in [0.29, 0.717) is 10.6 Å². The minimum absolute atomic E-state index is 0.0997. The smallest absolute Gasteiger partial charge is 0.354 e. The molecule has 1 aromatic heterocycles. The van der Waals surface area contributed by atoms with Crippen molar-refractivity contribution in [3.8, 4) is 0 Å². The van der Waals surface area contributed by atoms with Crippen LogP contribution in [0.25, 0.3) is 0 Å². The molecule has 0 saturated carbocycles. The van der Waals surface area contributed by atoms with Gasteiger partial charge in [0.15, 0.2) is 0 Å². The molecule has 108 valence electrons. The molecule has 0 aliphatic carbocycles. The van der Waals surface area contributed by atoms with E-state index in [-0.39, 0.29) is 17.6 Å². The Labute approximate surface area is 126 Å². The Bertz CT molecular complexity index is 654. The van der Waals surface area contributed by atoms with Gasteiger partial charge in [-0.05, 0) is 36.8 Å². The van der Waals surface area contributed by atoms with Crippen LogP contribution in [0, 0.1) is 0 Å². The maximum Gasteiger partial charge on any atom is 0.354 e. The second-order valence-corrected chi connectivity index (χ2v) is 4.92. The highest BCUT2D eigenvalue weighted by molar-refractivity contribution is 6.30. The lowest BCUT2D eigenvalue weighted by atomic mass is 10.1. The molecule has 1 aromatic carbocycles. The molecule has 0 aliphatic heterocycles. The summed E-state index contributed by atoms with van der Waals surface area (Å²) in [5.41, 5.74) is 1.13. The first-order chi connectivity index (χ1) is 9.97. The SMILES string of the molecule is CC(NC(=O)c1ccc(C(=O)O)nc1)c1ccc(Cl)cc1. The van der Waals surface area contributed by atoms with E-state index in [4.69, 9.17) is 16.7 Å². The largest absolute Gasteiger partial charge is 0.477 e. The topological polar surface area (TPSA) is 79.3 Å². The molecule has 1 amide bonds. The van der Waals surface area contributed by atoms with E-state index in [2.05, 4.69) is 10.3 Å². The molecule has 2 N–H and O–H groups in total. The van der Waals surface area contributed by atoms with E-state index in [1.54, 1.807) is 12.1 Å². The van der Waals surface area contributed by atoms with Gasteiger partial charge >= 0.3 is 5.97 Å². The highest BCUT2D eigenvalue weighted by Gasteiger charge is 2.13. The van der Waals surface area contributed by atoms with Crippen molar-refractivity contribution >= 4 is 23.5 Å². The van der Waals surface area contributed by atoms with Crippen molar-refractivity contribution in [2.45, 2.75) is 13.0 Å². The second-order valence-electron chi connectivity index (χ2n) is 4.48. The third-order valence-electron chi connectivity index (χ3n) is 2.96. The van der Waals surface area contributed by atoms with Crippen molar-refractivity contribution in [3.05, 3.63) is 64.4 Å². The van der Waals surface area contributed by atoms with Gasteiger partial charge < -0.3 is 10.4 Å². The van der Waals surface area contributed by atoms with Crippen molar-refractivity contribution in [1.29, 1.82) is 0 Å². The van der Waals surface area contributed by atoms with E-state index < -0.39 is 5.97 Å².